The number of carbonyl (C=O) groups is 2. The number of carboxylic acids is 1. The Bertz CT molecular complexity index is 1100. The van der Waals surface area contributed by atoms with Crippen molar-refractivity contribution in [2.75, 3.05) is 17.3 Å². The van der Waals surface area contributed by atoms with Gasteiger partial charge in [0.1, 0.15) is 11.0 Å². The number of thioether (sulfide) groups is 1. The second kappa shape index (κ2) is 11.1. The lowest BCUT2D eigenvalue weighted by Gasteiger charge is -2.17. The second-order valence-electron chi connectivity index (χ2n) is 7.32. The number of aliphatic carboxylic acids is 1. The van der Waals surface area contributed by atoms with Crippen LogP contribution in [0, 0.1) is 13.8 Å². The molecule has 168 valence electrons. The monoisotopic (exact) mass is 470 g/mol. The topological polar surface area (TPSA) is 104 Å². The van der Waals surface area contributed by atoms with Crippen LogP contribution in [0.25, 0.3) is 11.1 Å². The summed E-state index contributed by atoms with van der Waals surface area (Å²) in [4.78, 5) is 24.7. The molecular weight excluding hydrogens is 444 g/mol. The van der Waals surface area contributed by atoms with E-state index >= 15 is 0 Å². The third kappa shape index (κ3) is 6.08. The fourth-order valence-corrected chi connectivity index (χ4v) is 4.33. The number of benzene rings is 2. The smallest absolute Gasteiger partial charge is 0.326 e. The molecule has 0 spiro atoms. The molecule has 3 rings (SSSR count). The van der Waals surface area contributed by atoms with Gasteiger partial charge in [-0.3, -0.25) is 4.79 Å². The maximum atomic E-state index is 13.1. The molecule has 0 bridgehead atoms. The summed E-state index contributed by atoms with van der Waals surface area (Å²) >= 11 is 3.03. The van der Waals surface area contributed by atoms with Gasteiger partial charge in [0.05, 0.1) is 0 Å². The molecule has 0 aliphatic heterocycles. The molecule has 0 aliphatic rings. The third-order valence-electron chi connectivity index (χ3n) is 4.95. The zero-order valence-corrected chi connectivity index (χ0v) is 19.8. The van der Waals surface area contributed by atoms with Crippen molar-refractivity contribution in [3.63, 3.8) is 0 Å². The van der Waals surface area contributed by atoms with E-state index in [0.717, 1.165) is 32.4 Å². The molecule has 0 aliphatic carbocycles. The van der Waals surface area contributed by atoms with E-state index in [9.17, 15) is 14.7 Å². The predicted molar refractivity (Wildman–Crippen MR) is 130 cm³/mol. The van der Waals surface area contributed by atoms with Crippen LogP contribution in [0.3, 0.4) is 0 Å². The molecule has 0 saturated heterocycles. The molecule has 1 amide bonds. The predicted octanol–water partition coefficient (Wildman–Crippen LogP) is 4.37. The quantitative estimate of drug-likeness (QED) is 0.404. The van der Waals surface area contributed by atoms with Crippen LogP contribution in [0.1, 0.15) is 32.9 Å². The van der Waals surface area contributed by atoms with Gasteiger partial charge >= 0.3 is 5.97 Å². The van der Waals surface area contributed by atoms with Crippen LogP contribution in [0.2, 0.25) is 0 Å². The van der Waals surface area contributed by atoms with Crippen LogP contribution in [0.5, 0.6) is 0 Å². The molecule has 3 aromatic rings. The molecule has 32 heavy (non-hydrogen) atoms. The first-order chi connectivity index (χ1) is 15.4. The van der Waals surface area contributed by atoms with Gasteiger partial charge < -0.3 is 15.7 Å². The standard InChI is InChI=1S/C23H26N4O3S2/c1-14-6-4-5-7-17(14)19-12-16(13-24-23-27-26-15(2)32-23)8-9-18(19)21(28)25-20(22(29)30)10-11-31-3/h4-9,12,20H,10-11,13H2,1-3H3,(H,24,27)(H,25,28)(H,29,30)/t20-/m0/s1. The molecule has 1 atom stereocenters. The van der Waals surface area contributed by atoms with E-state index in [1.165, 1.54) is 11.3 Å². The minimum atomic E-state index is -1.03. The van der Waals surface area contributed by atoms with Gasteiger partial charge in [-0.05, 0) is 66.7 Å². The highest BCUT2D eigenvalue weighted by Gasteiger charge is 2.22. The van der Waals surface area contributed by atoms with Gasteiger partial charge in [0.2, 0.25) is 5.13 Å². The maximum Gasteiger partial charge on any atom is 0.326 e. The maximum absolute atomic E-state index is 13.1. The van der Waals surface area contributed by atoms with E-state index in [1.54, 1.807) is 17.8 Å². The van der Waals surface area contributed by atoms with Gasteiger partial charge in [-0.15, -0.1) is 10.2 Å². The highest BCUT2D eigenvalue weighted by molar-refractivity contribution is 7.98. The highest BCUT2D eigenvalue weighted by Crippen LogP contribution is 2.29. The summed E-state index contributed by atoms with van der Waals surface area (Å²) in [7, 11) is 0. The fraction of sp³-hybridized carbons (Fsp3) is 0.304. The number of nitrogens with zero attached hydrogens (tertiary/aromatic N) is 2. The van der Waals surface area contributed by atoms with Crippen molar-refractivity contribution in [3.8, 4) is 11.1 Å². The van der Waals surface area contributed by atoms with Crippen LogP contribution >= 0.6 is 23.1 Å². The third-order valence-corrected chi connectivity index (χ3v) is 6.39. The van der Waals surface area contributed by atoms with Gasteiger partial charge in [0, 0.05) is 12.1 Å². The molecule has 0 unspecified atom stereocenters. The van der Waals surface area contributed by atoms with Crippen molar-refractivity contribution >= 4 is 40.1 Å². The summed E-state index contributed by atoms with van der Waals surface area (Å²) in [6, 6.07) is 12.5. The Morgan fingerprint density at radius 3 is 2.56 bits per heavy atom. The summed E-state index contributed by atoms with van der Waals surface area (Å²) in [5, 5.41) is 25.2. The fourth-order valence-electron chi connectivity index (χ4n) is 3.27. The second-order valence-corrected chi connectivity index (χ2v) is 9.49. The Morgan fingerprint density at radius 1 is 1.12 bits per heavy atom. The number of aryl methyl sites for hydroxylation is 2. The lowest BCUT2D eigenvalue weighted by Crippen LogP contribution is -2.41. The average molecular weight is 471 g/mol. The number of carbonyl (C=O) groups excluding carboxylic acids is 1. The molecule has 2 aromatic carbocycles. The van der Waals surface area contributed by atoms with Crippen LogP contribution in [0.4, 0.5) is 5.13 Å². The van der Waals surface area contributed by atoms with E-state index < -0.39 is 17.9 Å². The lowest BCUT2D eigenvalue weighted by molar-refractivity contribution is -0.139. The Balaban J connectivity index is 1.91. The molecule has 0 radical (unpaired) electrons. The SMILES string of the molecule is CSCC[C@H](NC(=O)c1ccc(CNc2nnc(C)s2)cc1-c1ccccc1C)C(=O)O. The average Bonchev–Trinajstić information content (AvgIpc) is 3.20. The Kier molecular flexibility index (Phi) is 8.24. The van der Waals surface area contributed by atoms with Crippen LogP contribution in [-0.4, -0.2) is 45.2 Å². The summed E-state index contributed by atoms with van der Waals surface area (Å²) < 4.78 is 0. The number of hydrogen-bond acceptors (Lipinski definition) is 7. The number of carboxylic acid groups (broad SMARTS) is 1. The molecule has 3 N–H and O–H groups in total. The van der Waals surface area contributed by atoms with Crippen LogP contribution in [0.15, 0.2) is 42.5 Å². The van der Waals surface area contributed by atoms with E-state index in [-0.39, 0.29) is 0 Å². The first kappa shape index (κ1) is 23.7. The van der Waals surface area contributed by atoms with E-state index in [1.807, 2.05) is 56.5 Å². The van der Waals surface area contributed by atoms with E-state index in [4.69, 9.17) is 0 Å². The van der Waals surface area contributed by atoms with Crippen molar-refractivity contribution in [2.45, 2.75) is 32.9 Å². The number of hydrogen-bond donors (Lipinski definition) is 3. The summed E-state index contributed by atoms with van der Waals surface area (Å²) in [5.41, 5.74) is 4.16. The van der Waals surface area contributed by atoms with Gasteiger partial charge in [0.15, 0.2) is 0 Å². The first-order valence-electron chi connectivity index (χ1n) is 10.1. The van der Waals surface area contributed by atoms with Gasteiger partial charge in [-0.1, -0.05) is 41.7 Å². The van der Waals surface area contributed by atoms with E-state index in [2.05, 4.69) is 20.8 Å². The molecule has 9 heteroatoms. The van der Waals surface area contributed by atoms with Crippen molar-refractivity contribution < 1.29 is 14.7 Å². The first-order valence-corrected chi connectivity index (χ1v) is 12.4. The molecule has 1 heterocycles. The van der Waals surface area contributed by atoms with Crippen molar-refractivity contribution in [1.29, 1.82) is 0 Å². The zero-order chi connectivity index (χ0) is 23.1. The highest BCUT2D eigenvalue weighted by atomic mass is 32.2. The lowest BCUT2D eigenvalue weighted by atomic mass is 9.93. The molecule has 0 saturated carbocycles. The number of anilines is 1. The number of rotatable bonds is 10. The molecule has 7 nitrogen and oxygen atoms in total. The summed E-state index contributed by atoms with van der Waals surface area (Å²) in [6.45, 7) is 4.42. The Hall–Kier alpha value is -2.91. The number of amides is 1. The normalized spacial score (nSPS) is 11.7. The number of nitrogens with one attached hydrogen (secondary N) is 2. The summed E-state index contributed by atoms with van der Waals surface area (Å²) in [6.07, 6.45) is 2.28. The van der Waals surface area contributed by atoms with Crippen LogP contribution < -0.4 is 10.6 Å². The molecule has 1 aromatic heterocycles. The summed E-state index contributed by atoms with van der Waals surface area (Å²) in [5.74, 6) is -0.772. The molecular formula is C23H26N4O3S2. The zero-order valence-electron chi connectivity index (χ0n) is 18.2. The minimum Gasteiger partial charge on any atom is -0.480 e. The Labute approximate surface area is 195 Å². The minimum absolute atomic E-state index is 0.366. The van der Waals surface area contributed by atoms with Crippen LogP contribution in [-0.2, 0) is 11.3 Å². The van der Waals surface area contributed by atoms with Gasteiger partial charge in [-0.25, -0.2) is 4.79 Å². The largest absolute Gasteiger partial charge is 0.480 e. The van der Waals surface area contributed by atoms with Gasteiger partial charge in [-0.2, -0.15) is 11.8 Å². The molecule has 0 fully saturated rings. The van der Waals surface area contributed by atoms with Crippen molar-refractivity contribution in [1.82, 2.24) is 15.5 Å². The van der Waals surface area contributed by atoms with E-state index in [0.29, 0.717) is 24.3 Å². The number of aromatic nitrogens is 2. The van der Waals surface area contributed by atoms with Crippen molar-refractivity contribution in [2.24, 2.45) is 0 Å². The van der Waals surface area contributed by atoms with Crippen molar-refractivity contribution in [3.05, 3.63) is 64.2 Å². The Morgan fingerprint density at radius 2 is 1.91 bits per heavy atom. The van der Waals surface area contributed by atoms with Gasteiger partial charge in [0.25, 0.3) is 5.91 Å².